The number of rotatable bonds is 2. The molecule has 0 amide bonds. The summed E-state index contributed by atoms with van der Waals surface area (Å²) < 4.78 is 10.1. The van der Waals surface area contributed by atoms with Crippen molar-refractivity contribution in [1.82, 2.24) is 5.32 Å². The van der Waals surface area contributed by atoms with E-state index < -0.39 is 6.16 Å². The summed E-state index contributed by atoms with van der Waals surface area (Å²) in [5.74, 6) is 0.413. The molecule has 82 valence electrons. The SMILES string of the molecule is CC(C)OC(=O)OC1CNCCC1C. The maximum atomic E-state index is 11.2. The van der Waals surface area contributed by atoms with Crippen LogP contribution in [0.4, 0.5) is 4.79 Å². The van der Waals surface area contributed by atoms with Crippen molar-refractivity contribution in [3.05, 3.63) is 0 Å². The second kappa shape index (κ2) is 5.20. The van der Waals surface area contributed by atoms with Crippen LogP contribution in [0.1, 0.15) is 27.2 Å². The summed E-state index contributed by atoms with van der Waals surface area (Å²) >= 11 is 0. The Labute approximate surface area is 85.0 Å². The molecule has 0 spiro atoms. The Morgan fingerprint density at radius 3 is 2.79 bits per heavy atom. The van der Waals surface area contributed by atoms with Crippen LogP contribution in [0.15, 0.2) is 0 Å². The van der Waals surface area contributed by atoms with Gasteiger partial charge in [0.15, 0.2) is 0 Å². The van der Waals surface area contributed by atoms with Gasteiger partial charge in [-0.25, -0.2) is 4.79 Å². The van der Waals surface area contributed by atoms with E-state index in [2.05, 4.69) is 12.2 Å². The fourth-order valence-corrected chi connectivity index (χ4v) is 1.46. The second-order valence-electron chi connectivity index (χ2n) is 4.04. The quantitative estimate of drug-likeness (QED) is 0.688. The van der Waals surface area contributed by atoms with Crippen molar-refractivity contribution >= 4 is 6.16 Å². The molecule has 2 atom stereocenters. The van der Waals surface area contributed by atoms with Gasteiger partial charge in [-0.15, -0.1) is 0 Å². The maximum Gasteiger partial charge on any atom is 0.508 e. The van der Waals surface area contributed by atoms with Gasteiger partial charge < -0.3 is 14.8 Å². The van der Waals surface area contributed by atoms with E-state index in [1.54, 1.807) is 0 Å². The summed E-state index contributed by atoms with van der Waals surface area (Å²) in [5, 5.41) is 3.19. The highest BCUT2D eigenvalue weighted by Crippen LogP contribution is 2.15. The standard InChI is InChI=1S/C10H19NO3/c1-7(2)13-10(12)14-9-6-11-5-4-8(9)3/h7-9,11H,4-6H2,1-3H3. The van der Waals surface area contributed by atoms with Crippen LogP contribution in [-0.4, -0.2) is 31.5 Å². The van der Waals surface area contributed by atoms with Gasteiger partial charge in [-0.3, -0.25) is 0 Å². The summed E-state index contributed by atoms with van der Waals surface area (Å²) in [7, 11) is 0. The summed E-state index contributed by atoms with van der Waals surface area (Å²) in [6, 6.07) is 0. The van der Waals surface area contributed by atoms with E-state index in [0.29, 0.717) is 5.92 Å². The molecule has 4 heteroatoms. The minimum Gasteiger partial charge on any atom is -0.432 e. The molecular weight excluding hydrogens is 182 g/mol. The fraction of sp³-hybridized carbons (Fsp3) is 0.900. The Morgan fingerprint density at radius 1 is 1.50 bits per heavy atom. The first-order chi connectivity index (χ1) is 6.59. The summed E-state index contributed by atoms with van der Waals surface area (Å²) in [4.78, 5) is 11.2. The molecule has 0 radical (unpaired) electrons. The number of piperidine rings is 1. The zero-order valence-corrected chi connectivity index (χ0v) is 9.08. The third-order valence-corrected chi connectivity index (χ3v) is 2.34. The highest BCUT2D eigenvalue weighted by Gasteiger charge is 2.25. The van der Waals surface area contributed by atoms with Crippen molar-refractivity contribution in [2.75, 3.05) is 13.1 Å². The number of hydrogen-bond acceptors (Lipinski definition) is 4. The molecule has 0 aliphatic carbocycles. The van der Waals surface area contributed by atoms with E-state index in [0.717, 1.165) is 19.5 Å². The van der Waals surface area contributed by atoms with Crippen molar-refractivity contribution in [1.29, 1.82) is 0 Å². The molecule has 4 nitrogen and oxygen atoms in total. The largest absolute Gasteiger partial charge is 0.508 e. The van der Waals surface area contributed by atoms with E-state index in [-0.39, 0.29) is 12.2 Å². The molecule has 1 rings (SSSR count). The van der Waals surface area contributed by atoms with Crippen LogP contribution in [0.5, 0.6) is 0 Å². The van der Waals surface area contributed by atoms with E-state index in [9.17, 15) is 4.79 Å². The Bertz CT molecular complexity index is 194. The zero-order valence-electron chi connectivity index (χ0n) is 9.08. The van der Waals surface area contributed by atoms with Crippen molar-refractivity contribution in [3.8, 4) is 0 Å². The fourth-order valence-electron chi connectivity index (χ4n) is 1.46. The molecular formula is C10H19NO3. The van der Waals surface area contributed by atoms with Gasteiger partial charge in [-0.2, -0.15) is 0 Å². The lowest BCUT2D eigenvalue weighted by molar-refractivity contribution is -0.0151. The predicted octanol–water partition coefficient (Wildman–Crippen LogP) is 1.55. The average molecular weight is 201 g/mol. The first-order valence-electron chi connectivity index (χ1n) is 5.17. The van der Waals surface area contributed by atoms with Crippen LogP contribution in [-0.2, 0) is 9.47 Å². The van der Waals surface area contributed by atoms with Crippen LogP contribution < -0.4 is 5.32 Å². The lowest BCUT2D eigenvalue weighted by atomic mass is 9.97. The third kappa shape index (κ3) is 3.54. The monoisotopic (exact) mass is 201 g/mol. The minimum absolute atomic E-state index is 0.0463. The van der Waals surface area contributed by atoms with Gasteiger partial charge in [0.1, 0.15) is 6.10 Å². The first kappa shape index (κ1) is 11.3. The van der Waals surface area contributed by atoms with E-state index in [1.807, 2.05) is 13.8 Å². The Hall–Kier alpha value is -0.770. The average Bonchev–Trinajstić information content (AvgIpc) is 2.07. The number of hydrogen-bond donors (Lipinski definition) is 1. The zero-order chi connectivity index (χ0) is 10.6. The van der Waals surface area contributed by atoms with Crippen LogP contribution in [0, 0.1) is 5.92 Å². The molecule has 14 heavy (non-hydrogen) atoms. The first-order valence-corrected chi connectivity index (χ1v) is 5.17. The molecule has 1 saturated heterocycles. The number of carbonyl (C=O) groups excluding carboxylic acids is 1. The third-order valence-electron chi connectivity index (χ3n) is 2.34. The molecule has 1 aliphatic heterocycles. The summed E-state index contributed by atoms with van der Waals surface area (Å²) in [6.07, 6.45) is 0.324. The lowest BCUT2D eigenvalue weighted by Crippen LogP contribution is -2.42. The van der Waals surface area contributed by atoms with Crippen LogP contribution >= 0.6 is 0 Å². The van der Waals surface area contributed by atoms with Gasteiger partial charge in [0.25, 0.3) is 0 Å². The van der Waals surface area contributed by atoms with Crippen molar-refractivity contribution in [3.63, 3.8) is 0 Å². The molecule has 1 N–H and O–H groups in total. The Morgan fingerprint density at radius 2 is 2.21 bits per heavy atom. The number of nitrogens with one attached hydrogen (secondary N) is 1. The van der Waals surface area contributed by atoms with E-state index in [1.165, 1.54) is 0 Å². The van der Waals surface area contributed by atoms with Gasteiger partial charge in [0, 0.05) is 6.54 Å². The molecule has 1 aliphatic rings. The molecule has 0 saturated carbocycles. The van der Waals surface area contributed by atoms with Crippen molar-refractivity contribution in [2.24, 2.45) is 5.92 Å². The number of carbonyl (C=O) groups is 1. The molecule has 2 unspecified atom stereocenters. The van der Waals surface area contributed by atoms with Crippen molar-refractivity contribution < 1.29 is 14.3 Å². The van der Waals surface area contributed by atoms with Gasteiger partial charge >= 0.3 is 6.16 Å². The van der Waals surface area contributed by atoms with E-state index >= 15 is 0 Å². The highest BCUT2D eigenvalue weighted by atomic mass is 16.7. The van der Waals surface area contributed by atoms with E-state index in [4.69, 9.17) is 9.47 Å². The molecule has 0 bridgehead atoms. The topological polar surface area (TPSA) is 47.6 Å². The van der Waals surface area contributed by atoms with Gasteiger partial charge in [0.2, 0.25) is 0 Å². The minimum atomic E-state index is -0.555. The molecule has 0 aromatic heterocycles. The molecule has 1 fully saturated rings. The number of ether oxygens (including phenoxy) is 2. The highest BCUT2D eigenvalue weighted by molar-refractivity contribution is 5.60. The molecule has 0 aromatic rings. The van der Waals surface area contributed by atoms with Gasteiger partial charge in [0.05, 0.1) is 6.10 Å². The van der Waals surface area contributed by atoms with Crippen LogP contribution in [0.3, 0.4) is 0 Å². The molecule has 0 aromatic carbocycles. The maximum absolute atomic E-state index is 11.2. The smallest absolute Gasteiger partial charge is 0.432 e. The second-order valence-corrected chi connectivity index (χ2v) is 4.04. The van der Waals surface area contributed by atoms with Crippen molar-refractivity contribution in [2.45, 2.75) is 39.4 Å². The van der Waals surface area contributed by atoms with Gasteiger partial charge in [-0.05, 0) is 32.7 Å². The molecule has 1 heterocycles. The predicted molar refractivity (Wildman–Crippen MR) is 53.1 cm³/mol. The Kier molecular flexibility index (Phi) is 4.20. The summed E-state index contributed by atoms with van der Waals surface area (Å²) in [5.41, 5.74) is 0. The normalized spacial score (nSPS) is 27.4. The van der Waals surface area contributed by atoms with Gasteiger partial charge in [-0.1, -0.05) is 6.92 Å². The van der Waals surface area contributed by atoms with Crippen LogP contribution in [0.25, 0.3) is 0 Å². The van der Waals surface area contributed by atoms with Crippen LogP contribution in [0.2, 0.25) is 0 Å². The Balaban J connectivity index is 2.31. The lowest BCUT2D eigenvalue weighted by Gasteiger charge is -2.28. The summed E-state index contributed by atoms with van der Waals surface area (Å²) in [6.45, 7) is 7.44.